The average Bonchev–Trinajstić information content (AvgIpc) is 2.45. The van der Waals surface area contributed by atoms with Gasteiger partial charge in [0.15, 0.2) is 0 Å². The summed E-state index contributed by atoms with van der Waals surface area (Å²) in [6, 6.07) is 12.2. The van der Waals surface area contributed by atoms with Gasteiger partial charge in [-0.15, -0.1) is 0 Å². The number of nitriles is 1. The molecule has 2 nitrogen and oxygen atoms in total. The van der Waals surface area contributed by atoms with Crippen LogP contribution in [0.1, 0.15) is 16.7 Å². The lowest BCUT2D eigenvalue weighted by Crippen LogP contribution is -2.07. The predicted molar refractivity (Wildman–Crippen MR) is 77.6 cm³/mol. The van der Waals surface area contributed by atoms with E-state index in [1.165, 1.54) is 6.07 Å². The summed E-state index contributed by atoms with van der Waals surface area (Å²) < 4.78 is 38.7. The van der Waals surface area contributed by atoms with Crippen molar-refractivity contribution >= 4 is 21.6 Å². The van der Waals surface area contributed by atoms with E-state index < -0.39 is 11.7 Å². The second-order valence-electron chi connectivity index (χ2n) is 4.35. The monoisotopic (exact) mass is 354 g/mol. The Balaban J connectivity index is 2.18. The molecule has 0 saturated heterocycles. The SMILES string of the molecule is N#Cc1ccc(Br)cc1NCc1cccc(C(F)(F)F)c1. The Morgan fingerprint density at radius 1 is 1.14 bits per heavy atom. The number of anilines is 1. The second kappa shape index (κ2) is 6.19. The van der Waals surface area contributed by atoms with Crippen molar-refractivity contribution < 1.29 is 13.2 Å². The van der Waals surface area contributed by atoms with Crippen LogP contribution in [0, 0.1) is 11.3 Å². The van der Waals surface area contributed by atoms with Gasteiger partial charge in [0.2, 0.25) is 0 Å². The van der Waals surface area contributed by atoms with Crippen LogP contribution in [0.5, 0.6) is 0 Å². The van der Waals surface area contributed by atoms with Crippen LogP contribution in [-0.2, 0) is 12.7 Å². The summed E-state index contributed by atoms with van der Waals surface area (Å²) in [5, 5.41) is 12.0. The standard InChI is InChI=1S/C15H10BrF3N2/c16-13-5-4-11(8-20)14(7-13)21-9-10-2-1-3-12(6-10)15(17,18)19/h1-7,21H,9H2. The Bertz CT molecular complexity index is 690. The predicted octanol–water partition coefficient (Wildman–Crippen LogP) is 4.95. The molecule has 6 heteroatoms. The molecule has 0 aliphatic heterocycles. The number of alkyl halides is 3. The van der Waals surface area contributed by atoms with E-state index in [-0.39, 0.29) is 6.54 Å². The molecule has 0 bridgehead atoms. The van der Waals surface area contributed by atoms with E-state index in [0.29, 0.717) is 16.8 Å². The van der Waals surface area contributed by atoms with Crippen molar-refractivity contribution in [2.75, 3.05) is 5.32 Å². The molecule has 0 aromatic heterocycles. The van der Waals surface area contributed by atoms with Crippen molar-refractivity contribution in [1.29, 1.82) is 5.26 Å². The Kier molecular flexibility index (Phi) is 4.53. The molecule has 0 aliphatic carbocycles. The molecule has 2 aromatic rings. The van der Waals surface area contributed by atoms with Gasteiger partial charge in [-0.25, -0.2) is 0 Å². The van der Waals surface area contributed by atoms with Gasteiger partial charge in [0.25, 0.3) is 0 Å². The van der Waals surface area contributed by atoms with Crippen LogP contribution in [0.4, 0.5) is 18.9 Å². The Labute approximate surface area is 128 Å². The molecule has 2 aromatic carbocycles. The fourth-order valence-corrected chi connectivity index (χ4v) is 2.18. The maximum absolute atomic E-state index is 12.6. The largest absolute Gasteiger partial charge is 0.416 e. The van der Waals surface area contributed by atoms with E-state index in [4.69, 9.17) is 5.26 Å². The molecule has 0 spiro atoms. The normalized spacial score (nSPS) is 11.0. The van der Waals surface area contributed by atoms with E-state index in [9.17, 15) is 13.2 Å². The first-order chi connectivity index (χ1) is 9.90. The summed E-state index contributed by atoms with van der Waals surface area (Å²) in [5.41, 5.74) is 0.819. The third kappa shape index (κ3) is 3.99. The minimum Gasteiger partial charge on any atom is -0.380 e. The Hall–Kier alpha value is -2.00. The van der Waals surface area contributed by atoms with Crippen LogP contribution in [0.15, 0.2) is 46.9 Å². The number of benzene rings is 2. The van der Waals surface area contributed by atoms with Gasteiger partial charge in [0.05, 0.1) is 16.8 Å². The number of rotatable bonds is 3. The first-order valence-corrected chi connectivity index (χ1v) is 6.79. The van der Waals surface area contributed by atoms with Crippen molar-refractivity contribution in [1.82, 2.24) is 0 Å². The third-order valence-corrected chi connectivity index (χ3v) is 3.33. The molecule has 2 rings (SSSR count). The average molecular weight is 355 g/mol. The number of hydrogen-bond acceptors (Lipinski definition) is 2. The van der Waals surface area contributed by atoms with Gasteiger partial charge in [0.1, 0.15) is 6.07 Å². The smallest absolute Gasteiger partial charge is 0.380 e. The van der Waals surface area contributed by atoms with E-state index >= 15 is 0 Å². The van der Waals surface area contributed by atoms with Gasteiger partial charge in [-0.2, -0.15) is 18.4 Å². The minimum atomic E-state index is -4.36. The summed E-state index contributed by atoms with van der Waals surface area (Å²) in [6.45, 7) is 0.203. The number of halogens is 4. The molecule has 0 fully saturated rings. The summed E-state index contributed by atoms with van der Waals surface area (Å²) in [5.74, 6) is 0. The molecule has 0 atom stereocenters. The third-order valence-electron chi connectivity index (χ3n) is 2.84. The van der Waals surface area contributed by atoms with E-state index in [0.717, 1.165) is 16.6 Å². The molecular formula is C15H10BrF3N2. The number of nitrogens with one attached hydrogen (secondary N) is 1. The topological polar surface area (TPSA) is 35.8 Å². The van der Waals surface area contributed by atoms with Crippen molar-refractivity contribution in [2.45, 2.75) is 12.7 Å². The van der Waals surface area contributed by atoms with Crippen molar-refractivity contribution in [3.05, 3.63) is 63.6 Å². The van der Waals surface area contributed by atoms with Crippen LogP contribution in [0.2, 0.25) is 0 Å². The van der Waals surface area contributed by atoms with E-state index in [1.807, 2.05) is 6.07 Å². The van der Waals surface area contributed by atoms with Gasteiger partial charge in [0, 0.05) is 11.0 Å². The summed E-state index contributed by atoms with van der Waals surface area (Å²) in [6.07, 6.45) is -4.36. The van der Waals surface area contributed by atoms with Crippen LogP contribution in [0.25, 0.3) is 0 Å². The molecule has 0 amide bonds. The molecule has 0 radical (unpaired) electrons. The molecule has 21 heavy (non-hydrogen) atoms. The zero-order valence-electron chi connectivity index (χ0n) is 10.7. The van der Waals surface area contributed by atoms with Crippen molar-refractivity contribution in [3.8, 4) is 6.07 Å². The summed E-state index contributed by atoms with van der Waals surface area (Å²) in [7, 11) is 0. The molecular weight excluding hydrogens is 345 g/mol. The highest BCUT2D eigenvalue weighted by Crippen LogP contribution is 2.30. The van der Waals surface area contributed by atoms with Crippen molar-refractivity contribution in [2.24, 2.45) is 0 Å². The zero-order valence-corrected chi connectivity index (χ0v) is 12.3. The molecule has 0 unspecified atom stereocenters. The Morgan fingerprint density at radius 3 is 2.57 bits per heavy atom. The van der Waals surface area contributed by atoms with Crippen LogP contribution in [0.3, 0.4) is 0 Å². The summed E-state index contributed by atoms with van der Waals surface area (Å²) >= 11 is 3.29. The van der Waals surface area contributed by atoms with Crippen molar-refractivity contribution in [3.63, 3.8) is 0 Å². The Morgan fingerprint density at radius 2 is 1.90 bits per heavy atom. The van der Waals surface area contributed by atoms with Gasteiger partial charge >= 0.3 is 6.18 Å². The lowest BCUT2D eigenvalue weighted by Gasteiger charge is -2.11. The maximum atomic E-state index is 12.6. The highest BCUT2D eigenvalue weighted by Gasteiger charge is 2.30. The highest BCUT2D eigenvalue weighted by molar-refractivity contribution is 9.10. The highest BCUT2D eigenvalue weighted by atomic mass is 79.9. The lowest BCUT2D eigenvalue weighted by molar-refractivity contribution is -0.137. The van der Waals surface area contributed by atoms with E-state index in [2.05, 4.69) is 21.2 Å². The molecule has 0 saturated carbocycles. The summed E-state index contributed by atoms with van der Waals surface area (Å²) in [4.78, 5) is 0. The first-order valence-electron chi connectivity index (χ1n) is 6.00. The quantitative estimate of drug-likeness (QED) is 0.846. The molecule has 0 aliphatic rings. The van der Waals surface area contributed by atoms with Gasteiger partial charge in [-0.1, -0.05) is 28.1 Å². The number of nitrogens with zero attached hydrogens (tertiary/aromatic N) is 1. The van der Waals surface area contributed by atoms with Gasteiger partial charge < -0.3 is 5.32 Å². The van der Waals surface area contributed by atoms with Crippen LogP contribution < -0.4 is 5.32 Å². The first kappa shape index (κ1) is 15.4. The minimum absolute atomic E-state index is 0.203. The second-order valence-corrected chi connectivity index (χ2v) is 5.27. The van der Waals surface area contributed by atoms with Gasteiger partial charge in [-0.05, 0) is 35.9 Å². The fraction of sp³-hybridized carbons (Fsp3) is 0.133. The number of hydrogen-bond donors (Lipinski definition) is 1. The molecule has 0 heterocycles. The zero-order chi connectivity index (χ0) is 15.5. The van der Waals surface area contributed by atoms with Crippen LogP contribution in [-0.4, -0.2) is 0 Å². The molecule has 108 valence electrons. The molecule has 1 N–H and O–H groups in total. The fourth-order valence-electron chi connectivity index (χ4n) is 1.82. The maximum Gasteiger partial charge on any atom is 0.416 e. The lowest BCUT2D eigenvalue weighted by atomic mass is 10.1. The van der Waals surface area contributed by atoms with E-state index in [1.54, 1.807) is 24.3 Å². The van der Waals surface area contributed by atoms with Crippen LogP contribution >= 0.6 is 15.9 Å². The van der Waals surface area contributed by atoms with Gasteiger partial charge in [-0.3, -0.25) is 0 Å².